The van der Waals surface area contributed by atoms with E-state index in [-0.39, 0.29) is 17.6 Å². The standard InChI is InChI=1S/C24H27N5O4/c30-22-19-6-1-2-7-20(19)23(31)29(22)18-8-9-21(26-15-18)33-24(32)28-13-11-27(12-14-28)16-17-5-3-4-10-25-17/h3-5,8-10,15,30-31H,1-2,6-7,11-14,16H2. The van der Waals surface area contributed by atoms with E-state index in [2.05, 4.69) is 14.9 Å². The zero-order chi connectivity index (χ0) is 22.8. The SMILES string of the molecule is O=C(Oc1ccc(-n2c(O)c3c(c2O)CCCC3)cn1)N1CCN(Cc2ccccn2)CC1. The Labute approximate surface area is 191 Å². The van der Waals surface area contributed by atoms with Crippen molar-refractivity contribution in [1.29, 1.82) is 0 Å². The molecule has 0 unspecified atom stereocenters. The highest BCUT2D eigenvalue weighted by Crippen LogP contribution is 2.40. The van der Waals surface area contributed by atoms with Crippen LogP contribution in [-0.2, 0) is 19.4 Å². The van der Waals surface area contributed by atoms with Crippen LogP contribution in [0.2, 0.25) is 0 Å². The molecular weight excluding hydrogens is 422 g/mol. The summed E-state index contributed by atoms with van der Waals surface area (Å²) in [7, 11) is 0. The molecule has 0 saturated carbocycles. The van der Waals surface area contributed by atoms with Crippen LogP contribution >= 0.6 is 0 Å². The van der Waals surface area contributed by atoms with E-state index >= 15 is 0 Å². The third-order valence-electron chi connectivity index (χ3n) is 6.34. The highest BCUT2D eigenvalue weighted by atomic mass is 16.6. The van der Waals surface area contributed by atoms with Crippen molar-refractivity contribution in [3.05, 3.63) is 59.5 Å². The Balaban J connectivity index is 1.19. The molecule has 0 atom stereocenters. The number of carbonyl (C=O) groups is 1. The van der Waals surface area contributed by atoms with Gasteiger partial charge in [0.1, 0.15) is 0 Å². The number of hydrogen-bond donors (Lipinski definition) is 2. The van der Waals surface area contributed by atoms with Crippen LogP contribution in [0.15, 0.2) is 42.7 Å². The molecular formula is C24H27N5O4. The summed E-state index contributed by atoms with van der Waals surface area (Å²) in [5.74, 6) is 0.283. The van der Waals surface area contributed by atoms with Gasteiger partial charge in [-0.3, -0.25) is 9.88 Å². The number of fused-ring (bicyclic) bond motifs is 1. The number of aromatic hydroxyl groups is 2. The number of carbonyl (C=O) groups excluding carboxylic acids is 1. The van der Waals surface area contributed by atoms with E-state index in [1.807, 2.05) is 18.2 Å². The summed E-state index contributed by atoms with van der Waals surface area (Å²) in [5.41, 5.74) is 3.13. The first-order valence-corrected chi connectivity index (χ1v) is 11.3. The van der Waals surface area contributed by atoms with Crippen LogP contribution in [0.4, 0.5) is 4.79 Å². The van der Waals surface area contributed by atoms with Gasteiger partial charge in [0, 0.05) is 56.1 Å². The molecule has 1 saturated heterocycles. The van der Waals surface area contributed by atoms with Gasteiger partial charge in [0.05, 0.1) is 17.6 Å². The van der Waals surface area contributed by atoms with Gasteiger partial charge in [-0.05, 0) is 43.9 Å². The van der Waals surface area contributed by atoms with Gasteiger partial charge < -0.3 is 19.8 Å². The van der Waals surface area contributed by atoms with Crippen molar-refractivity contribution in [2.24, 2.45) is 0 Å². The van der Waals surface area contributed by atoms with Gasteiger partial charge in [-0.15, -0.1) is 0 Å². The number of nitrogens with zero attached hydrogens (tertiary/aromatic N) is 5. The summed E-state index contributed by atoms with van der Waals surface area (Å²) in [6.45, 7) is 3.39. The second kappa shape index (κ2) is 9.11. The molecule has 1 amide bonds. The number of hydrogen-bond acceptors (Lipinski definition) is 7. The molecule has 33 heavy (non-hydrogen) atoms. The first-order chi connectivity index (χ1) is 16.1. The van der Waals surface area contributed by atoms with E-state index in [4.69, 9.17) is 4.74 Å². The summed E-state index contributed by atoms with van der Waals surface area (Å²) in [5, 5.41) is 21.2. The van der Waals surface area contributed by atoms with Gasteiger partial charge in [-0.1, -0.05) is 6.07 Å². The monoisotopic (exact) mass is 449 g/mol. The lowest BCUT2D eigenvalue weighted by molar-refractivity contribution is 0.106. The average molecular weight is 450 g/mol. The topological polar surface area (TPSA) is 104 Å². The fourth-order valence-electron chi connectivity index (χ4n) is 4.54. The van der Waals surface area contributed by atoms with Gasteiger partial charge in [-0.25, -0.2) is 14.3 Å². The van der Waals surface area contributed by atoms with Crippen molar-refractivity contribution in [1.82, 2.24) is 24.3 Å². The molecule has 172 valence electrons. The first-order valence-electron chi connectivity index (χ1n) is 11.3. The summed E-state index contributed by atoms with van der Waals surface area (Å²) in [6, 6.07) is 9.11. The molecule has 0 aromatic carbocycles. The van der Waals surface area contributed by atoms with Crippen LogP contribution in [-0.4, -0.2) is 66.8 Å². The Kier molecular flexibility index (Phi) is 5.87. The first kappa shape index (κ1) is 21.3. The molecule has 3 aromatic heterocycles. The molecule has 9 heteroatoms. The van der Waals surface area contributed by atoms with Crippen molar-refractivity contribution >= 4 is 6.09 Å². The van der Waals surface area contributed by atoms with Gasteiger partial charge in [0.25, 0.3) is 0 Å². The van der Waals surface area contributed by atoms with E-state index in [1.54, 1.807) is 23.2 Å². The maximum atomic E-state index is 12.6. The van der Waals surface area contributed by atoms with Crippen LogP contribution in [0.25, 0.3) is 5.69 Å². The van der Waals surface area contributed by atoms with E-state index < -0.39 is 6.09 Å². The number of piperazine rings is 1. The Morgan fingerprint density at radius 2 is 1.67 bits per heavy atom. The molecule has 1 aliphatic heterocycles. The molecule has 2 N–H and O–H groups in total. The molecule has 4 heterocycles. The highest BCUT2D eigenvalue weighted by molar-refractivity contribution is 5.70. The molecule has 0 radical (unpaired) electrons. The van der Waals surface area contributed by atoms with Crippen molar-refractivity contribution in [2.45, 2.75) is 32.2 Å². The Hall–Kier alpha value is -3.59. The van der Waals surface area contributed by atoms with Crippen LogP contribution in [0.3, 0.4) is 0 Å². The van der Waals surface area contributed by atoms with E-state index in [9.17, 15) is 15.0 Å². The van der Waals surface area contributed by atoms with E-state index in [0.29, 0.717) is 18.8 Å². The Morgan fingerprint density at radius 1 is 0.939 bits per heavy atom. The van der Waals surface area contributed by atoms with Gasteiger partial charge in [-0.2, -0.15) is 0 Å². The zero-order valence-electron chi connectivity index (χ0n) is 18.4. The maximum absolute atomic E-state index is 12.6. The summed E-state index contributed by atoms with van der Waals surface area (Å²) >= 11 is 0. The van der Waals surface area contributed by atoms with Gasteiger partial charge in [0.15, 0.2) is 0 Å². The number of aromatic nitrogens is 3. The van der Waals surface area contributed by atoms with Crippen LogP contribution in [0.5, 0.6) is 17.6 Å². The number of rotatable bonds is 4. The minimum absolute atomic E-state index is 0.0531. The largest absolute Gasteiger partial charge is 0.494 e. The minimum Gasteiger partial charge on any atom is -0.494 e. The fourth-order valence-corrected chi connectivity index (χ4v) is 4.54. The third kappa shape index (κ3) is 4.36. The van der Waals surface area contributed by atoms with Crippen molar-refractivity contribution in [3.63, 3.8) is 0 Å². The van der Waals surface area contributed by atoms with Crippen LogP contribution in [0, 0.1) is 0 Å². The van der Waals surface area contributed by atoms with Crippen molar-refractivity contribution < 1.29 is 19.7 Å². The Bertz CT molecular complexity index is 1090. The summed E-state index contributed by atoms with van der Waals surface area (Å²) in [6.07, 6.45) is 6.32. The molecule has 1 aliphatic carbocycles. The van der Waals surface area contributed by atoms with E-state index in [0.717, 1.165) is 62.1 Å². The molecule has 1 fully saturated rings. The van der Waals surface area contributed by atoms with Crippen molar-refractivity contribution in [3.8, 4) is 23.3 Å². The quantitative estimate of drug-likeness (QED) is 0.631. The van der Waals surface area contributed by atoms with Gasteiger partial charge in [0.2, 0.25) is 17.6 Å². The van der Waals surface area contributed by atoms with Gasteiger partial charge >= 0.3 is 6.09 Å². The lowest BCUT2D eigenvalue weighted by Gasteiger charge is -2.33. The predicted octanol–water partition coefficient (Wildman–Crippen LogP) is 2.87. The minimum atomic E-state index is -0.435. The third-order valence-corrected chi connectivity index (χ3v) is 6.34. The molecule has 5 rings (SSSR count). The molecule has 3 aromatic rings. The number of pyridine rings is 2. The zero-order valence-corrected chi connectivity index (χ0v) is 18.4. The van der Waals surface area contributed by atoms with E-state index in [1.165, 1.54) is 10.8 Å². The smallest absolute Gasteiger partial charge is 0.416 e. The maximum Gasteiger partial charge on any atom is 0.416 e. The molecule has 0 bridgehead atoms. The lowest BCUT2D eigenvalue weighted by Crippen LogP contribution is -2.49. The summed E-state index contributed by atoms with van der Waals surface area (Å²) in [4.78, 5) is 25.1. The highest BCUT2D eigenvalue weighted by Gasteiger charge is 2.26. The summed E-state index contributed by atoms with van der Waals surface area (Å²) < 4.78 is 6.85. The molecule has 9 nitrogen and oxygen atoms in total. The van der Waals surface area contributed by atoms with Crippen LogP contribution in [0.1, 0.15) is 29.7 Å². The van der Waals surface area contributed by atoms with Crippen LogP contribution < -0.4 is 4.74 Å². The lowest BCUT2D eigenvalue weighted by atomic mass is 9.95. The predicted molar refractivity (Wildman–Crippen MR) is 121 cm³/mol. The Morgan fingerprint density at radius 3 is 2.27 bits per heavy atom. The second-order valence-corrected chi connectivity index (χ2v) is 8.45. The number of amides is 1. The van der Waals surface area contributed by atoms with Crippen molar-refractivity contribution in [2.75, 3.05) is 26.2 Å². The molecule has 0 spiro atoms. The number of ether oxygens (including phenoxy) is 1. The normalized spacial score (nSPS) is 16.4. The molecule has 2 aliphatic rings. The second-order valence-electron chi connectivity index (χ2n) is 8.45. The average Bonchev–Trinajstić information content (AvgIpc) is 3.11. The fraction of sp³-hybridized carbons (Fsp3) is 0.375.